The summed E-state index contributed by atoms with van der Waals surface area (Å²) in [6.45, 7) is 9.15. The summed E-state index contributed by atoms with van der Waals surface area (Å²) in [5.74, 6) is 0.346. The zero-order chi connectivity index (χ0) is 17.9. The molecule has 0 amide bonds. The van der Waals surface area contributed by atoms with Crippen molar-refractivity contribution in [3.05, 3.63) is 12.3 Å². The van der Waals surface area contributed by atoms with Gasteiger partial charge in [0, 0.05) is 5.92 Å². The molecule has 0 aliphatic carbocycles. The maximum atomic E-state index is 5.35. The smallest absolute Gasteiger partial charge is 0.143 e. The second-order valence-corrected chi connectivity index (χ2v) is 5.31. The van der Waals surface area contributed by atoms with Gasteiger partial charge in [0.25, 0.3) is 0 Å². The predicted octanol–water partition coefficient (Wildman–Crippen LogP) is 3.83. The molecule has 0 fully saturated rings. The van der Waals surface area contributed by atoms with Crippen molar-refractivity contribution < 1.29 is 39.4 Å². The number of unbranched alkanes of at least 4 members (excludes halogenated alkanes) is 5. The molecule has 1 unspecified atom stereocenters. The van der Waals surface area contributed by atoms with Crippen LogP contribution in [0.1, 0.15) is 52.4 Å². The van der Waals surface area contributed by atoms with Gasteiger partial charge in [-0.1, -0.05) is 52.5 Å². The first-order chi connectivity index (χ1) is 11.7. The van der Waals surface area contributed by atoms with E-state index in [2.05, 4.69) is 33.5 Å². The van der Waals surface area contributed by atoms with Gasteiger partial charge in [0.1, 0.15) is 12.4 Å². The molecule has 8 heteroatoms. The summed E-state index contributed by atoms with van der Waals surface area (Å²) in [5, 5.41) is 13.1. The van der Waals surface area contributed by atoms with Crippen molar-refractivity contribution in [1.29, 1.82) is 0 Å². The van der Waals surface area contributed by atoms with Gasteiger partial charge in [-0.15, -0.1) is 0 Å². The average molecular weight is 352 g/mol. The van der Waals surface area contributed by atoms with Crippen molar-refractivity contribution in [3.8, 4) is 0 Å². The molecule has 0 aromatic rings. The lowest BCUT2D eigenvalue weighted by Gasteiger charge is -2.13. The number of rotatable bonds is 19. The summed E-state index contributed by atoms with van der Waals surface area (Å²) < 4.78 is 5.35. The highest BCUT2D eigenvalue weighted by molar-refractivity contribution is 4.87. The first-order valence-corrected chi connectivity index (χ1v) is 8.44. The second kappa shape index (κ2) is 18.6. The second-order valence-electron chi connectivity index (χ2n) is 5.31. The fraction of sp³-hybridized carbons (Fsp3) is 0.875. The van der Waals surface area contributed by atoms with Gasteiger partial charge in [-0.25, -0.2) is 9.78 Å². The summed E-state index contributed by atoms with van der Waals surface area (Å²) in [7, 11) is 1.34. The molecule has 0 radical (unpaired) electrons. The van der Waals surface area contributed by atoms with E-state index in [1.165, 1.54) is 32.8 Å². The molecule has 0 aromatic carbocycles. The Labute approximate surface area is 144 Å². The summed E-state index contributed by atoms with van der Waals surface area (Å²) in [5.41, 5.74) is 0. The summed E-state index contributed by atoms with van der Waals surface area (Å²) in [6.07, 6.45) is 7.09. The Morgan fingerprint density at radius 3 is 2.25 bits per heavy atom. The van der Waals surface area contributed by atoms with Crippen molar-refractivity contribution in [2.75, 3.05) is 33.5 Å². The van der Waals surface area contributed by atoms with E-state index in [1.54, 1.807) is 0 Å². The molecule has 0 spiro atoms. The van der Waals surface area contributed by atoms with E-state index in [0.29, 0.717) is 25.6 Å². The third kappa shape index (κ3) is 16.1. The lowest BCUT2D eigenvalue weighted by molar-refractivity contribution is -0.634. The molecule has 0 heterocycles. The average Bonchev–Trinajstić information content (AvgIpc) is 2.59. The highest BCUT2D eigenvalue weighted by Gasteiger charge is 2.09. The van der Waals surface area contributed by atoms with E-state index < -0.39 is 0 Å². The van der Waals surface area contributed by atoms with E-state index in [4.69, 9.17) is 19.4 Å². The van der Waals surface area contributed by atoms with Gasteiger partial charge in [0.05, 0.1) is 26.9 Å². The predicted molar refractivity (Wildman–Crippen MR) is 85.8 cm³/mol. The minimum atomic E-state index is -0.0574. The molecule has 0 aliphatic rings. The van der Waals surface area contributed by atoms with Gasteiger partial charge in [0.15, 0.2) is 0 Å². The quantitative estimate of drug-likeness (QED) is 0.150. The number of hydrogen-bond donors (Lipinski definition) is 0. The summed E-state index contributed by atoms with van der Waals surface area (Å²) in [4.78, 5) is 18.6. The van der Waals surface area contributed by atoms with Crippen molar-refractivity contribution in [3.63, 3.8) is 0 Å². The van der Waals surface area contributed by atoms with Crippen LogP contribution in [0.2, 0.25) is 0 Å². The zero-order valence-corrected chi connectivity index (χ0v) is 15.1. The van der Waals surface area contributed by atoms with E-state index >= 15 is 0 Å². The lowest BCUT2D eigenvalue weighted by atomic mass is 10.1. The van der Waals surface area contributed by atoms with E-state index in [-0.39, 0.29) is 12.5 Å². The van der Waals surface area contributed by atoms with E-state index in [1.807, 2.05) is 6.92 Å². The van der Waals surface area contributed by atoms with Gasteiger partial charge in [-0.2, -0.15) is 4.89 Å². The van der Waals surface area contributed by atoms with Crippen molar-refractivity contribution in [2.45, 2.75) is 52.4 Å². The molecular formula is C16H32O8. The Morgan fingerprint density at radius 2 is 1.54 bits per heavy atom. The third-order valence-corrected chi connectivity index (χ3v) is 3.14. The number of ether oxygens (including phenoxy) is 1. The maximum absolute atomic E-state index is 5.35. The first-order valence-electron chi connectivity index (χ1n) is 8.44. The van der Waals surface area contributed by atoms with Crippen LogP contribution in [0, 0.1) is 5.92 Å². The van der Waals surface area contributed by atoms with Crippen LogP contribution in [0.25, 0.3) is 0 Å². The molecular weight excluding hydrogens is 320 g/mol. The molecule has 0 N–H and O–H groups in total. The monoisotopic (exact) mass is 352 g/mol. The minimum Gasteiger partial charge on any atom is -0.378 e. The van der Waals surface area contributed by atoms with Gasteiger partial charge < -0.3 is 9.62 Å². The molecule has 144 valence electrons. The Kier molecular flexibility index (Phi) is 18.0. The highest BCUT2D eigenvalue weighted by Crippen LogP contribution is 2.10. The van der Waals surface area contributed by atoms with Crippen molar-refractivity contribution >= 4 is 0 Å². The SMILES string of the molecule is C=C(OOOC)C(C)COCCOOOOCCCCCCCC. The summed E-state index contributed by atoms with van der Waals surface area (Å²) in [6, 6.07) is 0. The molecule has 8 nitrogen and oxygen atoms in total. The molecule has 24 heavy (non-hydrogen) atoms. The highest BCUT2D eigenvalue weighted by atomic mass is 17.7. The van der Waals surface area contributed by atoms with Crippen LogP contribution < -0.4 is 0 Å². The Morgan fingerprint density at radius 1 is 0.875 bits per heavy atom. The lowest BCUT2D eigenvalue weighted by Crippen LogP contribution is -2.13. The Hall–Kier alpha value is -0.740. The normalized spacial score (nSPS) is 12.3. The van der Waals surface area contributed by atoms with Crippen LogP contribution >= 0.6 is 0 Å². The van der Waals surface area contributed by atoms with Gasteiger partial charge in [-0.3, -0.25) is 0 Å². The van der Waals surface area contributed by atoms with Gasteiger partial charge >= 0.3 is 0 Å². The number of hydrogen-bond acceptors (Lipinski definition) is 8. The molecule has 0 bridgehead atoms. The van der Waals surface area contributed by atoms with Crippen LogP contribution in [0.15, 0.2) is 12.3 Å². The van der Waals surface area contributed by atoms with Gasteiger partial charge in [0.2, 0.25) is 0 Å². The minimum absolute atomic E-state index is 0.0574. The third-order valence-electron chi connectivity index (χ3n) is 3.14. The van der Waals surface area contributed by atoms with Gasteiger partial charge in [-0.05, 0) is 21.5 Å². The zero-order valence-electron chi connectivity index (χ0n) is 15.1. The molecule has 0 aromatic heterocycles. The van der Waals surface area contributed by atoms with Crippen LogP contribution in [-0.2, 0) is 39.4 Å². The Bertz CT molecular complexity index is 275. The fourth-order valence-corrected chi connectivity index (χ4v) is 1.65. The molecule has 0 aliphatic heterocycles. The summed E-state index contributed by atoms with van der Waals surface area (Å²) >= 11 is 0. The first kappa shape index (κ1) is 23.3. The van der Waals surface area contributed by atoms with Crippen LogP contribution in [-0.4, -0.2) is 33.5 Å². The van der Waals surface area contributed by atoms with Crippen LogP contribution in [0.4, 0.5) is 0 Å². The maximum Gasteiger partial charge on any atom is 0.143 e. The van der Waals surface area contributed by atoms with Crippen LogP contribution in [0.3, 0.4) is 0 Å². The van der Waals surface area contributed by atoms with Crippen molar-refractivity contribution in [2.24, 2.45) is 5.92 Å². The standard InChI is InChI=1S/C16H32O8/c1-5-6-7-8-9-10-11-19-23-24-20-13-12-18-14-15(2)16(3)21-22-17-4/h15H,3,5-14H2,1-2,4H3. The van der Waals surface area contributed by atoms with Crippen molar-refractivity contribution in [1.82, 2.24) is 0 Å². The molecule has 0 rings (SSSR count). The van der Waals surface area contributed by atoms with E-state index in [9.17, 15) is 0 Å². The van der Waals surface area contributed by atoms with Crippen LogP contribution in [0.5, 0.6) is 0 Å². The largest absolute Gasteiger partial charge is 0.378 e. The Balaban J connectivity index is 3.18. The van der Waals surface area contributed by atoms with E-state index in [0.717, 1.165) is 12.8 Å². The molecule has 0 saturated heterocycles. The fourth-order valence-electron chi connectivity index (χ4n) is 1.65. The molecule has 1 atom stereocenters. The molecule has 0 saturated carbocycles. The topological polar surface area (TPSA) is 73.8 Å².